The van der Waals surface area contributed by atoms with E-state index in [1.165, 1.54) is 6.20 Å². The number of para-hydroxylation sites is 1. The van der Waals surface area contributed by atoms with Crippen LogP contribution in [0.3, 0.4) is 0 Å². The second-order valence-electron chi connectivity index (χ2n) is 6.70. The summed E-state index contributed by atoms with van der Waals surface area (Å²) in [6.07, 6.45) is 0.369. The molecule has 0 saturated carbocycles. The first kappa shape index (κ1) is 17.6. The first-order chi connectivity index (χ1) is 14.6. The minimum atomic E-state index is -1.14. The van der Waals surface area contributed by atoms with E-state index in [-0.39, 0.29) is 5.75 Å². The fourth-order valence-corrected chi connectivity index (χ4v) is 3.35. The van der Waals surface area contributed by atoms with Crippen LogP contribution in [0, 0.1) is 0 Å². The highest BCUT2D eigenvalue weighted by atomic mass is 16.4. The van der Waals surface area contributed by atoms with Gasteiger partial charge in [0.1, 0.15) is 11.6 Å². The van der Waals surface area contributed by atoms with E-state index in [0.29, 0.717) is 28.1 Å². The van der Waals surface area contributed by atoms with Crippen molar-refractivity contribution in [3.05, 3.63) is 72.9 Å². The zero-order valence-electron chi connectivity index (χ0n) is 15.5. The molecular weight excluding hydrogens is 382 g/mol. The Morgan fingerprint density at radius 2 is 1.83 bits per heavy atom. The van der Waals surface area contributed by atoms with Crippen molar-refractivity contribution in [3.63, 3.8) is 0 Å². The largest absolute Gasteiger partial charge is 0.508 e. The van der Waals surface area contributed by atoms with Crippen molar-refractivity contribution in [2.45, 2.75) is 0 Å². The molecule has 5 aromatic rings. The summed E-state index contributed by atoms with van der Waals surface area (Å²) in [6.45, 7) is 0. The Morgan fingerprint density at radius 3 is 2.67 bits per heavy atom. The third-order valence-electron chi connectivity index (χ3n) is 4.72. The van der Waals surface area contributed by atoms with Crippen LogP contribution in [-0.2, 0) is 0 Å². The number of anilines is 2. The summed E-state index contributed by atoms with van der Waals surface area (Å²) in [7, 11) is 0. The smallest absolute Gasteiger partial charge is 0.432 e. The molecule has 0 aliphatic rings. The highest BCUT2D eigenvalue weighted by Crippen LogP contribution is 2.29. The van der Waals surface area contributed by atoms with E-state index < -0.39 is 6.09 Å². The van der Waals surface area contributed by atoms with Gasteiger partial charge in [-0.05, 0) is 42.5 Å². The van der Waals surface area contributed by atoms with Crippen LogP contribution in [0.15, 0.2) is 72.9 Å². The van der Waals surface area contributed by atoms with Crippen LogP contribution in [0.5, 0.6) is 5.75 Å². The Morgan fingerprint density at radius 1 is 0.967 bits per heavy atom. The predicted octanol–water partition coefficient (Wildman–Crippen LogP) is 4.62. The van der Waals surface area contributed by atoms with Gasteiger partial charge in [0.2, 0.25) is 0 Å². The van der Waals surface area contributed by atoms with Crippen molar-refractivity contribution >= 4 is 39.4 Å². The molecule has 0 bridgehead atoms. The number of carboxylic acid groups (broad SMARTS) is 1. The Balaban J connectivity index is 1.61. The third kappa shape index (κ3) is 3.06. The fraction of sp³-hybridized carbons (Fsp3) is 0. The number of nitrogens with one attached hydrogen (secondary N) is 1. The zero-order valence-corrected chi connectivity index (χ0v) is 15.5. The molecule has 3 N–H and O–H groups in total. The number of rotatable bonds is 3. The van der Waals surface area contributed by atoms with E-state index in [1.54, 1.807) is 30.3 Å². The summed E-state index contributed by atoms with van der Waals surface area (Å²) in [5.74, 6) is 1.22. The summed E-state index contributed by atoms with van der Waals surface area (Å²) in [5, 5.41) is 27.7. The van der Waals surface area contributed by atoms with Gasteiger partial charge in [0, 0.05) is 22.0 Å². The standard InChI is InChI=1S/C22H15N5O3/c28-16-5-3-4-13(11-16)20-25-18-7-2-1-6-17(18)21(26-20)24-15-8-9-19-14(10-15)12-23-27(19)22(29)30/h1-12,28H,(H,29,30)(H,24,25,26). The van der Waals surface area contributed by atoms with Crippen molar-refractivity contribution in [3.8, 4) is 17.1 Å². The quantitative estimate of drug-likeness (QED) is 0.407. The average molecular weight is 397 g/mol. The number of aromatic nitrogens is 4. The topological polar surface area (TPSA) is 113 Å². The number of phenols is 1. The molecule has 0 spiro atoms. The molecule has 2 aromatic heterocycles. The Labute approximate surface area is 170 Å². The summed E-state index contributed by atoms with van der Waals surface area (Å²) < 4.78 is 0.930. The van der Waals surface area contributed by atoms with E-state index in [2.05, 4.69) is 20.4 Å². The van der Waals surface area contributed by atoms with Gasteiger partial charge in [-0.15, -0.1) is 0 Å². The fourth-order valence-electron chi connectivity index (χ4n) is 3.35. The molecule has 0 unspecified atom stereocenters. The molecule has 0 amide bonds. The lowest BCUT2D eigenvalue weighted by Gasteiger charge is -2.11. The molecule has 146 valence electrons. The molecule has 8 heteroatoms. The summed E-state index contributed by atoms with van der Waals surface area (Å²) >= 11 is 0. The zero-order chi connectivity index (χ0) is 20.7. The molecule has 0 aliphatic carbocycles. The Hall–Kier alpha value is -4.46. The molecule has 0 fully saturated rings. The maximum atomic E-state index is 11.2. The van der Waals surface area contributed by atoms with Gasteiger partial charge in [0.05, 0.1) is 17.2 Å². The van der Waals surface area contributed by atoms with E-state index in [0.717, 1.165) is 21.3 Å². The van der Waals surface area contributed by atoms with Gasteiger partial charge in [-0.3, -0.25) is 0 Å². The highest BCUT2D eigenvalue weighted by Gasteiger charge is 2.12. The molecule has 8 nitrogen and oxygen atoms in total. The van der Waals surface area contributed by atoms with Crippen LogP contribution < -0.4 is 5.32 Å². The van der Waals surface area contributed by atoms with Gasteiger partial charge in [-0.1, -0.05) is 24.3 Å². The van der Waals surface area contributed by atoms with Crippen LogP contribution in [-0.4, -0.2) is 36.1 Å². The van der Waals surface area contributed by atoms with Crippen molar-refractivity contribution in [2.75, 3.05) is 5.32 Å². The first-order valence-corrected chi connectivity index (χ1v) is 9.13. The molecule has 3 aromatic carbocycles. The molecule has 5 rings (SSSR count). The lowest BCUT2D eigenvalue weighted by molar-refractivity contribution is 0.194. The lowest BCUT2D eigenvalue weighted by Crippen LogP contribution is -2.08. The minimum Gasteiger partial charge on any atom is -0.508 e. The maximum absolute atomic E-state index is 11.2. The summed E-state index contributed by atoms with van der Waals surface area (Å²) in [5.41, 5.74) is 2.69. The number of hydrogen-bond acceptors (Lipinski definition) is 6. The van der Waals surface area contributed by atoms with Gasteiger partial charge in [0.25, 0.3) is 0 Å². The van der Waals surface area contributed by atoms with Crippen LogP contribution in [0.2, 0.25) is 0 Å². The van der Waals surface area contributed by atoms with E-state index in [9.17, 15) is 15.0 Å². The van der Waals surface area contributed by atoms with E-state index in [4.69, 9.17) is 0 Å². The molecule has 0 radical (unpaired) electrons. The minimum absolute atomic E-state index is 0.139. The number of benzene rings is 3. The number of phenolic OH excluding ortho intramolecular Hbond substituents is 1. The molecule has 0 saturated heterocycles. The SMILES string of the molecule is O=C(O)n1ncc2cc(Nc3nc(-c4cccc(O)c4)nc4ccccc34)ccc21. The summed E-state index contributed by atoms with van der Waals surface area (Å²) in [4.78, 5) is 20.5. The van der Waals surface area contributed by atoms with Crippen molar-refractivity contribution in [1.29, 1.82) is 0 Å². The molecule has 0 aliphatic heterocycles. The highest BCUT2D eigenvalue weighted by molar-refractivity contribution is 5.94. The second kappa shape index (κ2) is 6.85. The molecule has 30 heavy (non-hydrogen) atoms. The average Bonchev–Trinajstić information content (AvgIpc) is 3.17. The van der Waals surface area contributed by atoms with Crippen molar-refractivity contribution in [2.24, 2.45) is 0 Å². The van der Waals surface area contributed by atoms with Crippen LogP contribution in [0.1, 0.15) is 0 Å². The van der Waals surface area contributed by atoms with Crippen molar-refractivity contribution < 1.29 is 15.0 Å². The number of fused-ring (bicyclic) bond motifs is 2. The Bertz CT molecular complexity index is 1430. The van der Waals surface area contributed by atoms with Gasteiger partial charge in [0.15, 0.2) is 5.82 Å². The first-order valence-electron chi connectivity index (χ1n) is 9.13. The molecule has 0 atom stereocenters. The van der Waals surface area contributed by atoms with Crippen molar-refractivity contribution in [1.82, 2.24) is 19.7 Å². The van der Waals surface area contributed by atoms with Gasteiger partial charge in [-0.25, -0.2) is 14.8 Å². The molecular formula is C22H15N5O3. The number of carbonyl (C=O) groups is 1. The van der Waals surface area contributed by atoms with Gasteiger partial charge < -0.3 is 15.5 Å². The monoisotopic (exact) mass is 397 g/mol. The van der Waals surface area contributed by atoms with Crippen LogP contribution >= 0.6 is 0 Å². The normalized spacial score (nSPS) is 11.1. The molecule has 2 heterocycles. The Kier molecular flexibility index (Phi) is 4.03. The summed E-state index contributed by atoms with van der Waals surface area (Å²) in [6, 6.07) is 19.7. The lowest BCUT2D eigenvalue weighted by atomic mass is 10.1. The van der Waals surface area contributed by atoms with Crippen LogP contribution in [0.25, 0.3) is 33.2 Å². The van der Waals surface area contributed by atoms with E-state index in [1.807, 2.05) is 36.4 Å². The van der Waals surface area contributed by atoms with Gasteiger partial charge >= 0.3 is 6.09 Å². The third-order valence-corrected chi connectivity index (χ3v) is 4.72. The van der Waals surface area contributed by atoms with Gasteiger partial charge in [-0.2, -0.15) is 9.78 Å². The van der Waals surface area contributed by atoms with Crippen LogP contribution in [0.4, 0.5) is 16.3 Å². The maximum Gasteiger partial charge on any atom is 0.432 e. The second-order valence-corrected chi connectivity index (χ2v) is 6.70. The number of nitrogens with zero attached hydrogens (tertiary/aromatic N) is 4. The predicted molar refractivity (Wildman–Crippen MR) is 113 cm³/mol. The number of aromatic hydroxyl groups is 1. The van der Waals surface area contributed by atoms with E-state index >= 15 is 0 Å². The number of hydrogen-bond donors (Lipinski definition) is 3.